The summed E-state index contributed by atoms with van der Waals surface area (Å²) < 4.78 is 27.4. The van der Waals surface area contributed by atoms with Crippen molar-refractivity contribution < 1.29 is 18.0 Å². The molecule has 8 heteroatoms. The van der Waals surface area contributed by atoms with E-state index < -0.39 is 15.9 Å². The average Bonchev–Trinajstić information content (AvgIpc) is 2.83. The zero-order chi connectivity index (χ0) is 11.8. The molecule has 0 aliphatic carbocycles. The maximum absolute atomic E-state index is 11.3. The van der Waals surface area contributed by atoms with E-state index >= 15 is 0 Å². The maximum Gasteiger partial charge on any atom is 0.245 e. The van der Waals surface area contributed by atoms with Crippen molar-refractivity contribution in [1.82, 2.24) is 10.1 Å². The number of nitrogens with zero attached hydrogens (tertiary/aromatic N) is 2. The summed E-state index contributed by atoms with van der Waals surface area (Å²) in [6.07, 6.45) is 0.510. The lowest BCUT2D eigenvalue weighted by Crippen LogP contribution is -2.15. The summed E-state index contributed by atoms with van der Waals surface area (Å²) in [5.41, 5.74) is 5.50. The summed E-state index contributed by atoms with van der Waals surface area (Å²) >= 11 is 0. The molecule has 0 aromatic carbocycles. The quantitative estimate of drug-likeness (QED) is 0.700. The molecule has 90 valence electrons. The lowest BCUT2D eigenvalue weighted by Gasteiger charge is -2.00. The number of rotatable bonds is 3. The van der Waals surface area contributed by atoms with E-state index in [1.807, 2.05) is 0 Å². The molecule has 0 bridgehead atoms. The third-order valence-corrected chi connectivity index (χ3v) is 4.34. The van der Waals surface area contributed by atoms with Gasteiger partial charge in [-0.2, -0.15) is 4.98 Å². The number of sulfone groups is 1. The van der Waals surface area contributed by atoms with Crippen LogP contribution in [0.4, 0.5) is 0 Å². The third-order valence-electron chi connectivity index (χ3n) is 2.57. The van der Waals surface area contributed by atoms with Gasteiger partial charge in [-0.25, -0.2) is 8.42 Å². The van der Waals surface area contributed by atoms with Crippen LogP contribution in [0, 0.1) is 0 Å². The van der Waals surface area contributed by atoms with Crippen LogP contribution in [-0.2, 0) is 9.84 Å². The van der Waals surface area contributed by atoms with Crippen molar-refractivity contribution in [2.75, 3.05) is 18.1 Å². The van der Waals surface area contributed by atoms with Gasteiger partial charge in [-0.05, 0) is 6.42 Å². The van der Waals surface area contributed by atoms with Gasteiger partial charge in [0.1, 0.15) is 6.04 Å². The van der Waals surface area contributed by atoms with Gasteiger partial charge >= 0.3 is 0 Å². The predicted octanol–water partition coefficient (Wildman–Crippen LogP) is -1.04. The summed E-state index contributed by atoms with van der Waals surface area (Å²) in [6, 6.07) is -0.709. The summed E-state index contributed by atoms with van der Waals surface area (Å²) in [5, 5.41) is 12.5. The second-order valence-corrected chi connectivity index (χ2v) is 6.11. The average molecular weight is 247 g/mol. The van der Waals surface area contributed by atoms with E-state index in [4.69, 9.17) is 15.4 Å². The van der Waals surface area contributed by atoms with Crippen LogP contribution >= 0.6 is 0 Å². The second kappa shape index (κ2) is 4.11. The molecule has 0 spiro atoms. The van der Waals surface area contributed by atoms with E-state index in [1.54, 1.807) is 0 Å². The molecular weight excluding hydrogens is 234 g/mol. The Morgan fingerprint density at radius 3 is 2.94 bits per heavy atom. The molecule has 1 aromatic heterocycles. The van der Waals surface area contributed by atoms with Crippen LogP contribution in [0.25, 0.3) is 0 Å². The van der Waals surface area contributed by atoms with Gasteiger partial charge in [0.2, 0.25) is 5.89 Å². The number of hydrogen-bond donors (Lipinski definition) is 2. The van der Waals surface area contributed by atoms with E-state index in [0.29, 0.717) is 12.2 Å². The van der Waals surface area contributed by atoms with Crippen molar-refractivity contribution in [3.63, 3.8) is 0 Å². The largest absolute Gasteiger partial charge is 0.394 e. The molecule has 1 saturated heterocycles. The van der Waals surface area contributed by atoms with E-state index in [1.165, 1.54) is 0 Å². The van der Waals surface area contributed by atoms with Gasteiger partial charge < -0.3 is 15.4 Å². The fourth-order valence-electron chi connectivity index (χ4n) is 1.64. The molecule has 0 saturated carbocycles. The minimum absolute atomic E-state index is 0.0559. The van der Waals surface area contributed by atoms with E-state index in [2.05, 4.69) is 10.1 Å². The van der Waals surface area contributed by atoms with Gasteiger partial charge in [-0.1, -0.05) is 5.16 Å². The van der Waals surface area contributed by atoms with E-state index in [-0.39, 0.29) is 29.9 Å². The highest BCUT2D eigenvalue weighted by Crippen LogP contribution is 2.27. The van der Waals surface area contributed by atoms with Gasteiger partial charge in [-0.3, -0.25) is 0 Å². The molecule has 1 fully saturated rings. The second-order valence-electron chi connectivity index (χ2n) is 3.88. The van der Waals surface area contributed by atoms with Crippen LogP contribution in [-0.4, -0.2) is 41.8 Å². The fraction of sp³-hybridized carbons (Fsp3) is 0.750. The number of aliphatic hydroxyl groups is 1. The van der Waals surface area contributed by atoms with Crippen LogP contribution < -0.4 is 5.73 Å². The first-order chi connectivity index (χ1) is 7.52. The highest BCUT2D eigenvalue weighted by Gasteiger charge is 2.32. The Balaban J connectivity index is 2.14. The molecule has 1 unspecified atom stereocenters. The van der Waals surface area contributed by atoms with Gasteiger partial charge in [0.15, 0.2) is 15.7 Å². The molecule has 2 atom stereocenters. The monoisotopic (exact) mass is 247 g/mol. The Bertz CT molecular complexity index is 469. The molecule has 2 heterocycles. The van der Waals surface area contributed by atoms with E-state index in [9.17, 15) is 8.42 Å². The smallest absolute Gasteiger partial charge is 0.245 e. The van der Waals surface area contributed by atoms with Gasteiger partial charge in [0.25, 0.3) is 0 Å². The van der Waals surface area contributed by atoms with Gasteiger partial charge in [0.05, 0.1) is 18.1 Å². The van der Waals surface area contributed by atoms with Crippen molar-refractivity contribution in [2.45, 2.75) is 18.4 Å². The third kappa shape index (κ3) is 2.23. The van der Waals surface area contributed by atoms with Gasteiger partial charge in [-0.15, -0.1) is 0 Å². The molecule has 3 N–H and O–H groups in total. The van der Waals surface area contributed by atoms with Crippen LogP contribution in [0.1, 0.15) is 30.1 Å². The predicted molar refractivity (Wildman–Crippen MR) is 54.3 cm³/mol. The summed E-state index contributed by atoms with van der Waals surface area (Å²) in [5.74, 6) is 0.503. The normalized spacial score (nSPS) is 25.8. The molecule has 1 aromatic rings. The van der Waals surface area contributed by atoms with E-state index in [0.717, 1.165) is 0 Å². The Kier molecular flexibility index (Phi) is 2.96. The van der Waals surface area contributed by atoms with Crippen molar-refractivity contribution in [1.29, 1.82) is 0 Å². The lowest BCUT2D eigenvalue weighted by molar-refractivity contribution is 0.236. The van der Waals surface area contributed by atoms with Crippen LogP contribution in [0.2, 0.25) is 0 Å². The summed E-state index contributed by atoms with van der Waals surface area (Å²) in [6.45, 7) is -0.287. The number of hydrogen-bond acceptors (Lipinski definition) is 7. The minimum Gasteiger partial charge on any atom is -0.394 e. The topological polar surface area (TPSA) is 119 Å². The van der Waals surface area contributed by atoms with Crippen molar-refractivity contribution >= 4 is 9.84 Å². The number of aromatic nitrogens is 2. The molecule has 16 heavy (non-hydrogen) atoms. The SMILES string of the molecule is N[C@H](CO)c1nc(C2CCS(=O)(=O)C2)no1. The molecule has 7 nitrogen and oxygen atoms in total. The first-order valence-electron chi connectivity index (χ1n) is 4.92. The first-order valence-corrected chi connectivity index (χ1v) is 6.74. The zero-order valence-corrected chi connectivity index (χ0v) is 9.35. The number of aliphatic hydroxyl groups excluding tert-OH is 1. The number of nitrogens with two attached hydrogens (primary N) is 1. The maximum atomic E-state index is 11.3. The summed E-state index contributed by atoms with van der Waals surface area (Å²) in [7, 11) is -2.96. The molecular formula is C8H13N3O4S. The van der Waals surface area contributed by atoms with Crippen molar-refractivity contribution in [3.05, 3.63) is 11.7 Å². The standard InChI is InChI=1S/C8H13N3O4S/c9-6(3-12)8-10-7(11-15-8)5-1-2-16(13,14)4-5/h5-6,12H,1-4,9H2/t5?,6-/m1/s1. The van der Waals surface area contributed by atoms with Crippen LogP contribution in [0.5, 0.6) is 0 Å². The molecule has 1 aliphatic rings. The highest BCUT2D eigenvalue weighted by atomic mass is 32.2. The van der Waals surface area contributed by atoms with Gasteiger partial charge in [0, 0.05) is 5.92 Å². The highest BCUT2D eigenvalue weighted by molar-refractivity contribution is 7.91. The first kappa shape index (κ1) is 11.5. The fourth-order valence-corrected chi connectivity index (χ4v) is 3.38. The molecule has 2 rings (SSSR count). The Morgan fingerprint density at radius 1 is 1.62 bits per heavy atom. The Labute approximate surface area is 92.6 Å². The molecule has 0 amide bonds. The van der Waals surface area contributed by atoms with Crippen LogP contribution in [0.15, 0.2) is 4.52 Å². The Hall–Kier alpha value is -0.990. The summed E-state index contributed by atoms with van der Waals surface area (Å²) in [4.78, 5) is 4.00. The molecule has 0 radical (unpaired) electrons. The van der Waals surface area contributed by atoms with Crippen molar-refractivity contribution in [3.8, 4) is 0 Å². The minimum atomic E-state index is -2.96. The lowest BCUT2D eigenvalue weighted by atomic mass is 10.1. The Morgan fingerprint density at radius 2 is 2.38 bits per heavy atom. The zero-order valence-electron chi connectivity index (χ0n) is 8.54. The molecule has 1 aliphatic heterocycles. The van der Waals surface area contributed by atoms with Crippen molar-refractivity contribution in [2.24, 2.45) is 5.73 Å². The van der Waals surface area contributed by atoms with Crippen LogP contribution in [0.3, 0.4) is 0 Å².